The molecule has 1 heterocycles. The van der Waals surface area contributed by atoms with Gasteiger partial charge in [-0.3, -0.25) is 4.79 Å². The summed E-state index contributed by atoms with van der Waals surface area (Å²) in [5.74, 6) is -0.162. The average molecular weight is 240 g/mol. The van der Waals surface area contributed by atoms with Gasteiger partial charge in [0.05, 0.1) is 12.4 Å². The molecule has 1 unspecified atom stereocenters. The molecule has 0 radical (unpaired) electrons. The van der Waals surface area contributed by atoms with Gasteiger partial charge in [0, 0.05) is 25.8 Å². The molecule has 1 atom stereocenters. The van der Waals surface area contributed by atoms with Gasteiger partial charge in [-0.1, -0.05) is 13.8 Å². The molecule has 17 heavy (non-hydrogen) atoms. The minimum absolute atomic E-state index is 0.116. The molecule has 0 aromatic carbocycles. The van der Waals surface area contributed by atoms with Crippen LogP contribution in [-0.2, 0) is 6.54 Å². The molecule has 0 aliphatic rings. The Hall–Kier alpha value is -1.40. The molecule has 1 aromatic heterocycles. The lowest BCUT2D eigenvalue weighted by Gasteiger charge is -2.14. The van der Waals surface area contributed by atoms with Crippen molar-refractivity contribution < 1.29 is 9.90 Å². The molecule has 96 valence electrons. The van der Waals surface area contributed by atoms with Crippen LogP contribution in [0.5, 0.6) is 0 Å². The fraction of sp³-hybridized carbons (Fsp3) is 0.636. The fourth-order valence-corrected chi connectivity index (χ4v) is 1.27. The molecule has 6 heteroatoms. The number of rotatable bonds is 6. The second kappa shape index (κ2) is 6.36. The van der Waals surface area contributed by atoms with Gasteiger partial charge < -0.3 is 20.7 Å². The Labute approximate surface area is 101 Å². The van der Waals surface area contributed by atoms with Crippen LogP contribution in [0, 0.1) is 5.92 Å². The maximum absolute atomic E-state index is 11.7. The Balaban J connectivity index is 2.46. The number of carbonyl (C=O) groups excluding carboxylic acids is 1. The minimum atomic E-state index is -0.537. The number of aliphatic hydroxyl groups excluding tert-OH is 1. The molecule has 1 amide bonds. The molecule has 1 aromatic rings. The lowest BCUT2D eigenvalue weighted by Crippen LogP contribution is -2.34. The van der Waals surface area contributed by atoms with E-state index >= 15 is 0 Å². The van der Waals surface area contributed by atoms with Crippen LogP contribution in [0.25, 0.3) is 0 Å². The van der Waals surface area contributed by atoms with Gasteiger partial charge >= 0.3 is 0 Å². The highest BCUT2D eigenvalue weighted by Gasteiger charge is 2.13. The van der Waals surface area contributed by atoms with Gasteiger partial charge in [-0.15, -0.1) is 0 Å². The van der Waals surface area contributed by atoms with E-state index in [1.807, 2.05) is 13.8 Å². The van der Waals surface area contributed by atoms with E-state index in [0.29, 0.717) is 18.8 Å². The highest BCUT2D eigenvalue weighted by Crippen LogP contribution is 2.00. The Kier molecular flexibility index (Phi) is 5.11. The van der Waals surface area contributed by atoms with E-state index in [1.54, 1.807) is 17.1 Å². The van der Waals surface area contributed by atoms with Crippen molar-refractivity contribution in [1.29, 1.82) is 0 Å². The number of amides is 1. The molecular formula is C11H20N4O2. The molecule has 0 saturated carbocycles. The molecule has 1 rings (SSSR count). The zero-order chi connectivity index (χ0) is 12.8. The second-order valence-electron chi connectivity index (χ2n) is 4.31. The predicted molar refractivity (Wildman–Crippen MR) is 64.5 cm³/mol. The lowest BCUT2D eigenvalue weighted by atomic mass is 10.1. The Bertz CT molecular complexity index is 362. The number of hydrogen-bond donors (Lipinski definition) is 3. The monoisotopic (exact) mass is 240 g/mol. The molecule has 0 bridgehead atoms. The van der Waals surface area contributed by atoms with E-state index in [1.165, 1.54) is 0 Å². The molecule has 6 nitrogen and oxygen atoms in total. The van der Waals surface area contributed by atoms with Gasteiger partial charge in [0.1, 0.15) is 5.69 Å². The maximum Gasteiger partial charge on any atom is 0.271 e. The van der Waals surface area contributed by atoms with Crippen LogP contribution in [0.2, 0.25) is 0 Å². The van der Waals surface area contributed by atoms with Crippen molar-refractivity contribution in [3.8, 4) is 0 Å². The van der Waals surface area contributed by atoms with Crippen molar-refractivity contribution in [3.63, 3.8) is 0 Å². The summed E-state index contributed by atoms with van der Waals surface area (Å²) in [6.07, 6.45) is 2.68. The molecule has 4 N–H and O–H groups in total. The molecular weight excluding hydrogens is 220 g/mol. The quantitative estimate of drug-likeness (QED) is 0.630. The summed E-state index contributed by atoms with van der Waals surface area (Å²) in [7, 11) is 0. The van der Waals surface area contributed by atoms with E-state index in [-0.39, 0.29) is 18.4 Å². The first-order valence-corrected chi connectivity index (χ1v) is 5.72. The molecule has 0 spiro atoms. The number of nitrogens with two attached hydrogens (primary N) is 1. The van der Waals surface area contributed by atoms with E-state index in [4.69, 9.17) is 5.73 Å². The number of hydrogen-bond acceptors (Lipinski definition) is 4. The third-order valence-electron chi connectivity index (χ3n) is 2.49. The summed E-state index contributed by atoms with van der Waals surface area (Å²) in [4.78, 5) is 15.6. The van der Waals surface area contributed by atoms with Crippen LogP contribution in [0.15, 0.2) is 12.5 Å². The van der Waals surface area contributed by atoms with Crippen molar-refractivity contribution in [2.24, 2.45) is 11.7 Å². The Morgan fingerprint density at radius 3 is 2.94 bits per heavy atom. The number of aliphatic hydroxyl groups is 1. The second-order valence-corrected chi connectivity index (χ2v) is 4.31. The van der Waals surface area contributed by atoms with E-state index in [2.05, 4.69) is 10.3 Å². The first-order chi connectivity index (χ1) is 8.04. The highest BCUT2D eigenvalue weighted by molar-refractivity contribution is 5.92. The van der Waals surface area contributed by atoms with Crippen LogP contribution < -0.4 is 11.1 Å². The van der Waals surface area contributed by atoms with Crippen LogP contribution in [0.3, 0.4) is 0 Å². The predicted octanol–water partition coefficient (Wildman–Crippen LogP) is -0.411. The lowest BCUT2D eigenvalue weighted by molar-refractivity contribution is 0.0867. The van der Waals surface area contributed by atoms with Gasteiger partial charge in [0.15, 0.2) is 0 Å². The van der Waals surface area contributed by atoms with Crippen molar-refractivity contribution in [3.05, 3.63) is 18.2 Å². The van der Waals surface area contributed by atoms with Gasteiger partial charge in [-0.05, 0) is 5.92 Å². The molecule has 0 saturated heterocycles. The number of nitrogens with one attached hydrogen (secondary N) is 1. The first kappa shape index (κ1) is 13.7. The maximum atomic E-state index is 11.7. The third-order valence-corrected chi connectivity index (χ3v) is 2.49. The summed E-state index contributed by atoms with van der Waals surface area (Å²) in [6.45, 7) is 5.16. The normalized spacial score (nSPS) is 12.8. The van der Waals surface area contributed by atoms with Crippen molar-refractivity contribution in [2.45, 2.75) is 26.5 Å². The van der Waals surface area contributed by atoms with Crippen LogP contribution in [0.4, 0.5) is 0 Å². The summed E-state index contributed by atoms with van der Waals surface area (Å²) >= 11 is 0. The first-order valence-electron chi connectivity index (χ1n) is 5.72. The molecule has 0 aliphatic heterocycles. The van der Waals surface area contributed by atoms with E-state index < -0.39 is 6.10 Å². The Morgan fingerprint density at radius 1 is 1.65 bits per heavy atom. The summed E-state index contributed by atoms with van der Waals surface area (Å²) < 4.78 is 1.76. The summed E-state index contributed by atoms with van der Waals surface area (Å²) in [5.41, 5.74) is 5.74. The largest absolute Gasteiger partial charge is 0.391 e. The number of imidazole rings is 1. The van der Waals surface area contributed by atoms with Crippen molar-refractivity contribution >= 4 is 5.91 Å². The van der Waals surface area contributed by atoms with Gasteiger partial charge in [0.25, 0.3) is 5.91 Å². The van der Waals surface area contributed by atoms with Crippen molar-refractivity contribution in [2.75, 3.05) is 13.1 Å². The average Bonchev–Trinajstić information content (AvgIpc) is 2.74. The number of carbonyl (C=O) groups is 1. The fourth-order valence-electron chi connectivity index (χ4n) is 1.27. The number of nitrogens with zero attached hydrogens (tertiary/aromatic N) is 2. The summed E-state index contributed by atoms with van der Waals surface area (Å²) in [5, 5.41) is 12.2. The highest BCUT2D eigenvalue weighted by atomic mass is 16.3. The van der Waals surface area contributed by atoms with E-state index in [9.17, 15) is 9.90 Å². The SMILES string of the molecule is CC(C)C(O)CNC(=O)c1cn(CCN)cn1. The summed E-state index contributed by atoms with van der Waals surface area (Å²) in [6, 6.07) is 0. The standard InChI is InChI=1S/C11H20N4O2/c1-8(2)10(16)5-13-11(17)9-6-15(4-3-12)7-14-9/h6-8,10,16H,3-5,12H2,1-2H3,(H,13,17). The van der Waals surface area contributed by atoms with Gasteiger partial charge in [-0.25, -0.2) is 4.98 Å². The topological polar surface area (TPSA) is 93.2 Å². The smallest absolute Gasteiger partial charge is 0.271 e. The van der Waals surface area contributed by atoms with Crippen LogP contribution in [-0.4, -0.2) is 39.8 Å². The zero-order valence-corrected chi connectivity index (χ0v) is 10.3. The van der Waals surface area contributed by atoms with Gasteiger partial charge in [-0.2, -0.15) is 0 Å². The third kappa shape index (κ3) is 4.16. The van der Waals surface area contributed by atoms with Crippen LogP contribution >= 0.6 is 0 Å². The van der Waals surface area contributed by atoms with Crippen molar-refractivity contribution in [1.82, 2.24) is 14.9 Å². The van der Waals surface area contributed by atoms with Gasteiger partial charge in [0.2, 0.25) is 0 Å². The van der Waals surface area contributed by atoms with Crippen LogP contribution in [0.1, 0.15) is 24.3 Å². The minimum Gasteiger partial charge on any atom is -0.391 e. The Morgan fingerprint density at radius 2 is 2.35 bits per heavy atom. The number of aromatic nitrogens is 2. The molecule has 0 fully saturated rings. The molecule has 0 aliphatic carbocycles. The van der Waals surface area contributed by atoms with E-state index in [0.717, 1.165) is 0 Å². The zero-order valence-electron chi connectivity index (χ0n) is 10.3.